The van der Waals surface area contributed by atoms with Crippen molar-refractivity contribution < 1.29 is 0 Å². The number of benzene rings is 1. The Morgan fingerprint density at radius 2 is 2.17 bits per heavy atom. The Bertz CT molecular complexity index is 258. The van der Waals surface area contributed by atoms with Gasteiger partial charge < -0.3 is 5.32 Å². The van der Waals surface area contributed by atoms with Crippen molar-refractivity contribution in [3.63, 3.8) is 0 Å². The molecule has 0 heterocycles. The van der Waals surface area contributed by atoms with Crippen molar-refractivity contribution in [2.45, 2.75) is 20.3 Å². The summed E-state index contributed by atoms with van der Waals surface area (Å²) in [5.41, 5.74) is 2.27. The first kappa shape index (κ1) is 9.40. The molecule has 0 aromatic heterocycles. The number of nitrogens with one attached hydrogen (secondary N) is 1. The second kappa shape index (κ2) is 4.36. The molecule has 0 saturated heterocycles. The lowest BCUT2D eigenvalue weighted by molar-refractivity contribution is 0.979. The second-order valence-electron chi connectivity index (χ2n) is 2.91. The Hall–Kier alpha value is -0.690. The minimum absolute atomic E-state index is 0.800. The second-order valence-corrected chi connectivity index (χ2v) is 3.32. The van der Waals surface area contributed by atoms with E-state index < -0.39 is 0 Å². The molecule has 0 saturated carbocycles. The molecule has 12 heavy (non-hydrogen) atoms. The van der Waals surface area contributed by atoms with Gasteiger partial charge in [-0.05, 0) is 31.0 Å². The van der Waals surface area contributed by atoms with Gasteiger partial charge in [-0.3, -0.25) is 0 Å². The Morgan fingerprint density at radius 3 is 2.83 bits per heavy atom. The maximum absolute atomic E-state index is 5.97. The molecular formula is C10H14ClN. The lowest BCUT2D eigenvalue weighted by Gasteiger charge is -2.07. The van der Waals surface area contributed by atoms with E-state index in [9.17, 15) is 0 Å². The van der Waals surface area contributed by atoms with E-state index in [1.54, 1.807) is 0 Å². The summed E-state index contributed by atoms with van der Waals surface area (Å²) in [6, 6.07) is 6.01. The highest BCUT2D eigenvalue weighted by atomic mass is 35.5. The zero-order chi connectivity index (χ0) is 8.97. The van der Waals surface area contributed by atoms with Crippen LogP contribution in [0.5, 0.6) is 0 Å². The Balaban J connectivity index is 2.75. The third-order valence-corrected chi connectivity index (χ3v) is 2.02. The number of anilines is 1. The summed E-state index contributed by atoms with van der Waals surface area (Å²) in [7, 11) is 0. The summed E-state index contributed by atoms with van der Waals surface area (Å²) in [5.74, 6) is 0. The van der Waals surface area contributed by atoms with Crippen molar-refractivity contribution in [3.8, 4) is 0 Å². The lowest BCUT2D eigenvalue weighted by atomic mass is 10.2. The van der Waals surface area contributed by atoms with E-state index in [1.807, 2.05) is 12.1 Å². The van der Waals surface area contributed by atoms with Crippen molar-refractivity contribution in [2.24, 2.45) is 0 Å². The van der Waals surface area contributed by atoms with E-state index in [1.165, 1.54) is 5.56 Å². The average Bonchev–Trinajstić information content (AvgIpc) is 2.07. The minimum atomic E-state index is 0.800. The van der Waals surface area contributed by atoms with Gasteiger partial charge in [-0.25, -0.2) is 0 Å². The molecule has 0 aliphatic heterocycles. The van der Waals surface area contributed by atoms with Gasteiger partial charge in [-0.1, -0.05) is 24.6 Å². The van der Waals surface area contributed by atoms with Crippen LogP contribution < -0.4 is 5.32 Å². The van der Waals surface area contributed by atoms with Crippen LogP contribution in [0, 0.1) is 6.92 Å². The zero-order valence-electron chi connectivity index (χ0n) is 7.52. The topological polar surface area (TPSA) is 12.0 Å². The SMILES string of the molecule is CCCNc1cc(C)ccc1Cl. The van der Waals surface area contributed by atoms with Gasteiger partial charge in [0.1, 0.15) is 0 Å². The molecular weight excluding hydrogens is 170 g/mol. The van der Waals surface area contributed by atoms with Crippen LogP contribution >= 0.6 is 11.6 Å². The van der Waals surface area contributed by atoms with Crippen molar-refractivity contribution >= 4 is 17.3 Å². The van der Waals surface area contributed by atoms with Gasteiger partial charge in [-0.15, -0.1) is 0 Å². The smallest absolute Gasteiger partial charge is 0.0637 e. The highest BCUT2D eigenvalue weighted by Gasteiger charge is 1.97. The maximum atomic E-state index is 5.97. The predicted octanol–water partition coefficient (Wildman–Crippen LogP) is 3.47. The van der Waals surface area contributed by atoms with E-state index in [0.29, 0.717) is 0 Å². The summed E-state index contributed by atoms with van der Waals surface area (Å²) in [6.07, 6.45) is 1.12. The van der Waals surface area contributed by atoms with Crippen molar-refractivity contribution in [1.29, 1.82) is 0 Å². The third kappa shape index (κ3) is 2.42. The fraction of sp³-hybridized carbons (Fsp3) is 0.400. The molecule has 0 atom stereocenters. The van der Waals surface area contributed by atoms with Gasteiger partial charge in [-0.2, -0.15) is 0 Å². The van der Waals surface area contributed by atoms with Crippen molar-refractivity contribution in [2.75, 3.05) is 11.9 Å². The monoisotopic (exact) mass is 183 g/mol. The Labute approximate surface area is 78.7 Å². The first-order valence-electron chi connectivity index (χ1n) is 4.24. The molecule has 0 radical (unpaired) electrons. The Kier molecular flexibility index (Phi) is 3.42. The molecule has 1 rings (SSSR count). The third-order valence-electron chi connectivity index (χ3n) is 1.69. The van der Waals surface area contributed by atoms with E-state index in [0.717, 1.165) is 23.7 Å². The highest BCUT2D eigenvalue weighted by molar-refractivity contribution is 6.33. The molecule has 1 nitrogen and oxygen atoms in total. The summed E-state index contributed by atoms with van der Waals surface area (Å²) in [4.78, 5) is 0. The molecule has 1 aromatic rings. The molecule has 66 valence electrons. The fourth-order valence-corrected chi connectivity index (χ4v) is 1.22. The van der Waals surface area contributed by atoms with Gasteiger partial charge in [0.05, 0.1) is 10.7 Å². The minimum Gasteiger partial charge on any atom is -0.384 e. The molecule has 1 N–H and O–H groups in total. The molecule has 0 fully saturated rings. The number of rotatable bonds is 3. The normalized spacial score (nSPS) is 9.92. The first-order chi connectivity index (χ1) is 5.74. The summed E-state index contributed by atoms with van der Waals surface area (Å²) in [6.45, 7) is 5.17. The molecule has 0 aliphatic rings. The quantitative estimate of drug-likeness (QED) is 0.757. The number of halogens is 1. The van der Waals surface area contributed by atoms with E-state index in [4.69, 9.17) is 11.6 Å². The van der Waals surface area contributed by atoms with Gasteiger partial charge in [0.15, 0.2) is 0 Å². The van der Waals surface area contributed by atoms with Crippen LogP contribution in [0.25, 0.3) is 0 Å². The van der Waals surface area contributed by atoms with Crippen LogP contribution in [0.3, 0.4) is 0 Å². The number of aryl methyl sites for hydroxylation is 1. The van der Waals surface area contributed by atoms with Gasteiger partial charge in [0, 0.05) is 6.54 Å². The van der Waals surface area contributed by atoms with Crippen LogP contribution in [0.15, 0.2) is 18.2 Å². The molecule has 0 amide bonds. The van der Waals surface area contributed by atoms with Crippen molar-refractivity contribution in [3.05, 3.63) is 28.8 Å². The molecule has 0 bridgehead atoms. The van der Waals surface area contributed by atoms with Crippen LogP contribution in [-0.2, 0) is 0 Å². The predicted molar refractivity (Wildman–Crippen MR) is 55.0 cm³/mol. The van der Waals surface area contributed by atoms with Gasteiger partial charge in [0.2, 0.25) is 0 Å². The van der Waals surface area contributed by atoms with Crippen LogP contribution in [-0.4, -0.2) is 6.54 Å². The summed E-state index contributed by atoms with van der Waals surface area (Å²) < 4.78 is 0. The zero-order valence-corrected chi connectivity index (χ0v) is 8.28. The number of hydrogen-bond acceptors (Lipinski definition) is 1. The van der Waals surface area contributed by atoms with E-state index in [-0.39, 0.29) is 0 Å². The summed E-state index contributed by atoms with van der Waals surface area (Å²) >= 11 is 5.97. The van der Waals surface area contributed by atoms with Gasteiger partial charge in [0.25, 0.3) is 0 Å². The van der Waals surface area contributed by atoms with Crippen LogP contribution in [0.1, 0.15) is 18.9 Å². The average molecular weight is 184 g/mol. The number of hydrogen-bond donors (Lipinski definition) is 1. The molecule has 2 heteroatoms. The molecule has 0 aliphatic carbocycles. The van der Waals surface area contributed by atoms with Crippen molar-refractivity contribution in [1.82, 2.24) is 0 Å². The summed E-state index contributed by atoms with van der Waals surface area (Å²) in [5, 5.41) is 4.07. The van der Waals surface area contributed by atoms with E-state index in [2.05, 4.69) is 25.2 Å². The van der Waals surface area contributed by atoms with Crippen LogP contribution in [0.2, 0.25) is 5.02 Å². The molecule has 1 aromatic carbocycles. The highest BCUT2D eigenvalue weighted by Crippen LogP contribution is 2.22. The molecule has 0 spiro atoms. The van der Waals surface area contributed by atoms with Crippen LogP contribution in [0.4, 0.5) is 5.69 Å². The Morgan fingerprint density at radius 1 is 1.42 bits per heavy atom. The van der Waals surface area contributed by atoms with E-state index >= 15 is 0 Å². The van der Waals surface area contributed by atoms with Gasteiger partial charge >= 0.3 is 0 Å². The standard InChI is InChI=1S/C10H14ClN/c1-3-6-12-10-7-8(2)4-5-9(10)11/h4-5,7,12H,3,6H2,1-2H3. The largest absolute Gasteiger partial charge is 0.384 e. The molecule has 0 unspecified atom stereocenters. The maximum Gasteiger partial charge on any atom is 0.0637 e. The lowest BCUT2D eigenvalue weighted by Crippen LogP contribution is -2.00. The fourth-order valence-electron chi connectivity index (χ4n) is 1.03. The first-order valence-corrected chi connectivity index (χ1v) is 4.62.